The van der Waals surface area contributed by atoms with Crippen molar-refractivity contribution in [2.24, 2.45) is 7.05 Å². The molecule has 0 unspecified atom stereocenters. The summed E-state index contributed by atoms with van der Waals surface area (Å²) in [6, 6.07) is 8.75. The van der Waals surface area contributed by atoms with Gasteiger partial charge in [-0.15, -0.1) is 10.2 Å². The number of phenols is 1. The molecule has 0 amide bonds. The number of anilines is 1. The van der Waals surface area contributed by atoms with Gasteiger partial charge < -0.3 is 19.9 Å². The third-order valence-electron chi connectivity index (χ3n) is 6.61. The Kier molecular flexibility index (Phi) is 5.13. The molecule has 3 aromatic rings. The van der Waals surface area contributed by atoms with Crippen molar-refractivity contribution in [2.45, 2.75) is 43.6 Å². The highest BCUT2D eigenvalue weighted by atomic mass is 19.1. The molecule has 2 aliphatic heterocycles. The number of halogens is 1. The molecule has 0 radical (unpaired) electrons. The molecule has 0 saturated carbocycles. The molecule has 1 aromatic carbocycles. The summed E-state index contributed by atoms with van der Waals surface area (Å²) in [5.74, 6) is 0.936. The molecule has 0 spiro atoms. The van der Waals surface area contributed by atoms with Crippen LogP contribution in [0.2, 0.25) is 0 Å². The first-order chi connectivity index (χ1) is 15.4. The molecule has 4 heterocycles. The normalized spacial score (nSPS) is 24.5. The van der Waals surface area contributed by atoms with Gasteiger partial charge in [0.15, 0.2) is 11.6 Å². The summed E-state index contributed by atoms with van der Waals surface area (Å²) in [5.41, 5.74) is 1.78. The number of aryl methyl sites for hydroxylation is 1. The van der Waals surface area contributed by atoms with Crippen molar-refractivity contribution in [3.8, 4) is 28.3 Å². The first-order valence-electron chi connectivity index (χ1n) is 10.7. The molecule has 9 heteroatoms. The molecule has 5 rings (SSSR count). The highest BCUT2D eigenvalue weighted by molar-refractivity contribution is 5.72. The minimum Gasteiger partial charge on any atom is -0.507 e. The van der Waals surface area contributed by atoms with Gasteiger partial charge in [0.1, 0.15) is 11.9 Å². The maximum atomic E-state index is 14.0. The molecule has 2 aliphatic rings. The van der Waals surface area contributed by atoms with Crippen LogP contribution in [0.25, 0.3) is 22.5 Å². The van der Waals surface area contributed by atoms with Crippen molar-refractivity contribution in [1.29, 1.82) is 0 Å². The Balaban J connectivity index is 1.34. The number of nitrogens with zero attached hydrogens (tertiary/aromatic N) is 5. The van der Waals surface area contributed by atoms with E-state index in [-0.39, 0.29) is 29.4 Å². The fourth-order valence-electron chi connectivity index (χ4n) is 4.69. The van der Waals surface area contributed by atoms with Gasteiger partial charge in [-0.3, -0.25) is 4.79 Å². The number of fused-ring (bicyclic) bond motifs is 2. The SMILES string of the molecule is CN(c1cnc(-c2ccc(-c3ccn(C)c(=O)c3)cc2O)nn1)[C@H]1C[C@@H]2C[C@H](F)[C@@H](C1)N2. The maximum absolute atomic E-state index is 14.0. The third kappa shape index (κ3) is 3.73. The van der Waals surface area contributed by atoms with E-state index >= 15 is 0 Å². The fourth-order valence-corrected chi connectivity index (χ4v) is 4.69. The number of piperidine rings is 1. The quantitative estimate of drug-likeness (QED) is 0.648. The Morgan fingerprint density at radius 3 is 2.66 bits per heavy atom. The van der Waals surface area contributed by atoms with Crippen molar-refractivity contribution >= 4 is 5.82 Å². The van der Waals surface area contributed by atoms with E-state index in [1.807, 2.05) is 24.1 Å². The van der Waals surface area contributed by atoms with E-state index in [1.54, 1.807) is 31.6 Å². The van der Waals surface area contributed by atoms with Crippen LogP contribution in [0.15, 0.2) is 47.5 Å². The zero-order chi connectivity index (χ0) is 22.4. The van der Waals surface area contributed by atoms with Gasteiger partial charge in [-0.1, -0.05) is 6.07 Å². The van der Waals surface area contributed by atoms with Crippen LogP contribution >= 0.6 is 0 Å². The zero-order valence-electron chi connectivity index (χ0n) is 17.9. The molecule has 4 atom stereocenters. The van der Waals surface area contributed by atoms with Gasteiger partial charge in [0.05, 0.1) is 11.8 Å². The van der Waals surface area contributed by atoms with Gasteiger partial charge in [0.2, 0.25) is 0 Å². The Morgan fingerprint density at radius 1 is 1.16 bits per heavy atom. The van der Waals surface area contributed by atoms with E-state index in [1.165, 1.54) is 10.6 Å². The standard InChI is InChI=1S/C23H25FN6O2/c1-29-6-5-14(8-22(29)32)13-3-4-17(20(31)7-13)23-25-12-21(27-28-23)30(2)16-9-15-10-18(24)19(11-16)26-15/h3-8,12,15-16,18-19,26,31H,9-11H2,1-2H3/t15-,16+,18+,19-/m1/s1. The summed E-state index contributed by atoms with van der Waals surface area (Å²) in [5, 5.41) is 22.4. The molecule has 32 heavy (non-hydrogen) atoms. The second-order valence-electron chi connectivity index (χ2n) is 8.69. The minimum atomic E-state index is -0.783. The molecule has 2 aromatic heterocycles. The summed E-state index contributed by atoms with van der Waals surface area (Å²) < 4.78 is 15.5. The lowest BCUT2D eigenvalue weighted by molar-refractivity contribution is 0.274. The Labute approximate surface area is 184 Å². The van der Waals surface area contributed by atoms with Crippen LogP contribution in [0.3, 0.4) is 0 Å². The number of hydrogen-bond acceptors (Lipinski definition) is 7. The predicted octanol–water partition coefficient (Wildman–Crippen LogP) is 2.28. The van der Waals surface area contributed by atoms with E-state index in [0.717, 1.165) is 24.0 Å². The zero-order valence-corrected chi connectivity index (χ0v) is 17.9. The average molecular weight is 436 g/mol. The molecule has 2 N–H and O–H groups in total. The highest BCUT2D eigenvalue weighted by Crippen LogP contribution is 2.34. The monoisotopic (exact) mass is 436 g/mol. The topological polar surface area (TPSA) is 96.2 Å². The fraction of sp³-hybridized carbons (Fsp3) is 0.391. The second-order valence-corrected chi connectivity index (χ2v) is 8.69. The molecular weight excluding hydrogens is 411 g/mol. The number of nitrogens with one attached hydrogen (secondary N) is 1. The molecule has 0 aliphatic carbocycles. The van der Waals surface area contributed by atoms with E-state index in [4.69, 9.17) is 0 Å². The average Bonchev–Trinajstić information content (AvgIpc) is 3.05. The van der Waals surface area contributed by atoms with E-state index in [9.17, 15) is 14.3 Å². The van der Waals surface area contributed by atoms with Gasteiger partial charge in [0.25, 0.3) is 5.56 Å². The Morgan fingerprint density at radius 2 is 1.97 bits per heavy atom. The number of hydrogen-bond donors (Lipinski definition) is 2. The highest BCUT2D eigenvalue weighted by Gasteiger charge is 2.42. The van der Waals surface area contributed by atoms with Crippen molar-refractivity contribution in [1.82, 2.24) is 25.1 Å². The van der Waals surface area contributed by atoms with E-state index in [2.05, 4.69) is 20.5 Å². The number of aromatic hydroxyl groups is 1. The largest absolute Gasteiger partial charge is 0.507 e. The van der Waals surface area contributed by atoms with Crippen molar-refractivity contribution in [2.75, 3.05) is 11.9 Å². The lowest BCUT2D eigenvalue weighted by atomic mass is 9.98. The number of rotatable bonds is 4. The van der Waals surface area contributed by atoms with Gasteiger partial charge in [-0.25, -0.2) is 9.37 Å². The van der Waals surface area contributed by atoms with Crippen LogP contribution in [-0.2, 0) is 7.05 Å². The lowest BCUT2D eigenvalue weighted by Crippen LogP contribution is -2.48. The van der Waals surface area contributed by atoms with Crippen LogP contribution in [0.5, 0.6) is 5.75 Å². The molecule has 2 fully saturated rings. The number of benzene rings is 1. The number of phenolic OH excluding ortho intramolecular Hbond substituents is 1. The minimum absolute atomic E-state index is 0.00926. The molecular formula is C23H25FN6O2. The third-order valence-corrected chi connectivity index (χ3v) is 6.61. The first kappa shape index (κ1) is 20.6. The van der Waals surface area contributed by atoms with Gasteiger partial charge in [-0.05, 0) is 48.6 Å². The summed E-state index contributed by atoms with van der Waals surface area (Å²) in [6.45, 7) is 0. The summed E-state index contributed by atoms with van der Waals surface area (Å²) in [4.78, 5) is 18.3. The molecule has 166 valence electrons. The first-order valence-corrected chi connectivity index (χ1v) is 10.7. The lowest BCUT2D eigenvalue weighted by Gasteiger charge is -2.35. The van der Waals surface area contributed by atoms with Crippen LogP contribution in [0.4, 0.5) is 10.2 Å². The van der Waals surface area contributed by atoms with Gasteiger partial charge >= 0.3 is 0 Å². The van der Waals surface area contributed by atoms with Crippen LogP contribution < -0.4 is 15.8 Å². The number of aromatic nitrogens is 4. The summed E-state index contributed by atoms with van der Waals surface area (Å²) in [6.07, 6.45) is 4.70. The van der Waals surface area contributed by atoms with Crippen LogP contribution in [-0.4, -0.2) is 56.2 Å². The van der Waals surface area contributed by atoms with E-state index < -0.39 is 6.17 Å². The van der Waals surface area contributed by atoms with E-state index in [0.29, 0.717) is 23.6 Å². The van der Waals surface area contributed by atoms with Gasteiger partial charge in [0, 0.05) is 44.5 Å². The van der Waals surface area contributed by atoms with Crippen molar-refractivity contribution < 1.29 is 9.50 Å². The van der Waals surface area contributed by atoms with Gasteiger partial charge in [-0.2, -0.15) is 0 Å². The smallest absolute Gasteiger partial charge is 0.250 e. The van der Waals surface area contributed by atoms with Crippen molar-refractivity contribution in [3.63, 3.8) is 0 Å². The maximum Gasteiger partial charge on any atom is 0.250 e. The van der Waals surface area contributed by atoms with Crippen LogP contribution in [0, 0.1) is 0 Å². The molecule has 2 bridgehead atoms. The van der Waals surface area contributed by atoms with Crippen molar-refractivity contribution in [3.05, 3.63) is 53.1 Å². The molecule has 2 saturated heterocycles. The Hall–Kier alpha value is -3.33. The summed E-state index contributed by atoms with van der Waals surface area (Å²) >= 11 is 0. The Bertz CT molecular complexity index is 1200. The number of alkyl halides is 1. The number of pyridine rings is 1. The second kappa shape index (κ2) is 7.98. The molecule has 8 nitrogen and oxygen atoms in total. The predicted molar refractivity (Wildman–Crippen MR) is 119 cm³/mol. The summed E-state index contributed by atoms with van der Waals surface area (Å²) in [7, 11) is 3.62. The van der Waals surface area contributed by atoms with Crippen LogP contribution in [0.1, 0.15) is 19.3 Å².